The largest absolute Gasteiger partial charge is 0.463 e. The van der Waals surface area contributed by atoms with E-state index < -0.39 is 6.09 Å². The molecule has 1 aromatic heterocycles. The lowest BCUT2D eigenvalue weighted by Crippen LogP contribution is -2.25. The lowest BCUT2D eigenvalue weighted by Gasteiger charge is -2.13. The Bertz CT molecular complexity index is 1150. The number of hydrogen-bond donors (Lipinski definition) is 2. The van der Waals surface area contributed by atoms with Gasteiger partial charge in [-0.25, -0.2) is 9.78 Å². The van der Waals surface area contributed by atoms with Gasteiger partial charge >= 0.3 is 6.09 Å². The third kappa shape index (κ3) is 4.81. The second-order valence-corrected chi connectivity index (χ2v) is 7.01. The average Bonchev–Trinajstić information content (AvgIpc) is 2.71. The van der Waals surface area contributed by atoms with Crippen LogP contribution >= 0.6 is 0 Å². The summed E-state index contributed by atoms with van der Waals surface area (Å²) in [5.74, 6) is 0.734. The SMILES string of the molecule is CCCc1nc(C)cc(=O)n1Cc1ccc(-c2ccccc2/C(N)=N/C(=O)O)cc1. The molecule has 0 atom stereocenters. The summed E-state index contributed by atoms with van der Waals surface area (Å²) >= 11 is 0. The van der Waals surface area contributed by atoms with Crippen molar-refractivity contribution < 1.29 is 9.90 Å². The van der Waals surface area contributed by atoms with Crippen LogP contribution in [0.4, 0.5) is 4.79 Å². The van der Waals surface area contributed by atoms with Crippen molar-refractivity contribution >= 4 is 11.9 Å². The van der Waals surface area contributed by atoms with Gasteiger partial charge in [0, 0.05) is 23.7 Å². The van der Waals surface area contributed by atoms with E-state index in [1.807, 2.05) is 43.3 Å². The number of carboxylic acid groups (broad SMARTS) is 1. The first kappa shape index (κ1) is 21.0. The number of amides is 1. The fourth-order valence-corrected chi connectivity index (χ4v) is 3.36. The third-order valence-corrected chi connectivity index (χ3v) is 4.71. The van der Waals surface area contributed by atoms with Gasteiger partial charge in [0.15, 0.2) is 0 Å². The summed E-state index contributed by atoms with van der Waals surface area (Å²) in [5.41, 5.74) is 9.72. The predicted octanol–water partition coefficient (Wildman–Crippen LogP) is 3.60. The number of nitrogens with two attached hydrogens (primary N) is 1. The van der Waals surface area contributed by atoms with Gasteiger partial charge in [-0.2, -0.15) is 4.99 Å². The zero-order valence-electron chi connectivity index (χ0n) is 17.0. The summed E-state index contributed by atoms with van der Waals surface area (Å²) in [5, 5.41) is 8.88. The standard InChI is InChI=1S/C23H24N4O3/c1-3-6-20-25-15(2)13-21(28)27(20)14-16-9-11-17(12-10-16)18-7-4-5-8-19(18)22(24)26-23(29)30/h4-5,7-13H,3,6,14H2,1-2H3,(H2,24,26)(H,29,30). The minimum atomic E-state index is -1.34. The van der Waals surface area contributed by atoms with Crippen LogP contribution in [0.3, 0.4) is 0 Å². The zero-order valence-corrected chi connectivity index (χ0v) is 17.0. The molecule has 7 heteroatoms. The summed E-state index contributed by atoms with van der Waals surface area (Å²) in [7, 11) is 0. The number of aromatic nitrogens is 2. The maximum Gasteiger partial charge on any atom is 0.433 e. The van der Waals surface area contributed by atoms with Crippen molar-refractivity contribution in [1.82, 2.24) is 9.55 Å². The molecule has 0 spiro atoms. The van der Waals surface area contributed by atoms with E-state index in [1.165, 1.54) is 0 Å². The Hall–Kier alpha value is -3.74. The Balaban J connectivity index is 1.93. The smallest absolute Gasteiger partial charge is 0.433 e. The van der Waals surface area contributed by atoms with Crippen molar-refractivity contribution in [3.05, 3.63) is 87.6 Å². The summed E-state index contributed by atoms with van der Waals surface area (Å²) in [6, 6.07) is 16.5. The van der Waals surface area contributed by atoms with Gasteiger partial charge in [-0.05, 0) is 30.0 Å². The lowest BCUT2D eigenvalue weighted by molar-refractivity contribution is 0.205. The second-order valence-electron chi connectivity index (χ2n) is 7.01. The Morgan fingerprint density at radius 1 is 1.17 bits per heavy atom. The van der Waals surface area contributed by atoms with Crippen LogP contribution in [0.5, 0.6) is 0 Å². The second kappa shape index (κ2) is 9.17. The molecule has 1 amide bonds. The van der Waals surface area contributed by atoms with E-state index in [0.29, 0.717) is 12.1 Å². The van der Waals surface area contributed by atoms with Gasteiger partial charge in [-0.1, -0.05) is 55.5 Å². The van der Waals surface area contributed by atoms with E-state index in [0.717, 1.165) is 41.1 Å². The highest BCUT2D eigenvalue weighted by Gasteiger charge is 2.11. The Morgan fingerprint density at radius 3 is 2.53 bits per heavy atom. The first-order chi connectivity index (χ1) is 14.4. The van der Waals surface area contributed by atoms with Gasteiger partial charge in [0.1, 0.15) is 11.7 Å². The van der Waals surface area contributed by atoms with Crippen molar-refractivity contribution in [3.63, 3.8) is 0 Å². The molecule has 0 saturated heterocycles. The molecule has 154 valence electrons. The van der Waals surface area contributed by atoms with Crippen molar-refractivity contribution in [2.75, 3.05) is 0 Å². The minimum Gasteiger partial charge on any atom is -0.463 e. The molecule has 0 aliphatic rings. The normalized spacial score (nSPS) is 11.5. The first-order valence-electron chi connectivity index (χ1n) is 9.72. The van der Waals surface area contributed by atoms with E-state index in [1.54, 1.807) is 22.8 Å². The van der Waals surface area contributed by atoms with E-state index in [9.17, 15) is 9.59 Å². The van der Waals surface area contributed by atoms with Crippen molar-refractivity contribution in [2.45, 2.75) is 33.2 Å². The maximum atomic E-state index is 12.5. The summed E-state index contributed by atoms with van der Waals surface area (Å²) in [6.07, 6.45) is 0.313. The Labute approximate surface area is 174 Å². The van der Waals surface area contributed by atoms with Crippen molar-refractivity contribution in [2.24, 2.45) is 10.7 Å². The highest BCUT2D eigenvalue weighted by molar-refractivity contribution is 6.07. The monoisotopic (exact) mass is 404 g/mol. The van der Waals surface area contributed by atoms with Crippen LogP contribution in [-0.4, -0.2) is 26.6 Å². The van der Waals surface area contributed by atoms with Gasteiger partial charge in [-0.15, -0.1) is 0 Å². The number of benzene rings is 2. The van der Waals surface area contributed by atoms with Crippen LogP contribution in [0.2, 0.25) is 0 Å². The highest BCUT2D eigenvalue weighted by Crippen LogP contribution is 2.24. The van der Waals surface area contributed by atoms with Gasteiger partial charge in [0.05, 0.1) is 6.54 Å². The molecule has 0 saturated carbocycles. The van der Waals surface area contributed by atoms with Crippen LogP contribution in [0, 0.1) is 6.92 Å². The lowest BCUT2D eigenvalue weighted by atomic mass is 9.98. The summed E-state index contributed by atoms with van der Waals surface area (Å²) in [4.78, 5) is 31.3. The van der Waals surface area contributed by atoms with Crippen molar-refractivity contribution in [1.29, 1.82) is 0 Å². The number of nitrogens with zero attached hydrogens (tertiary/aromatic N) is 3. The van der Waals surface area contributed by atoms with Gasteiger partial charge in [0.25, 0.3) is 5.56 Å². The molecule has 3 aromatic rings. The average molecular weight is 404 g/mol. The number of amidine groups is 1. The summed E-state index contributed by atoms with van der Waals surface area (Å²) in [6.45, 7) is 4.33. The molecule has 1 heterocycles. The molecular weight excluding hydrogens is 380 g/mol. The molecule has 0 aliphatic carbocycles. The number of rotatable bonds is 6. The summed E-state index contributed by atoms with van der Waals surface area (Å²) < 4.78 is 1.71. The van der Waals surface area contributed by atoms with E-state index in [4.69, 9.17) is 10.8 Å². The van der Waals surface area contributed by atoms with E-state index in [2.05, 4.69) is 16.9 Å². The molecule has 0 fully saturated rings. The maximum absolute atomic E-state index is 12.5. The molecule has 7 nitrogen and oxygen atoms in total. The Kier molecular flexibility index (Phi) is 6.41. The molecule has 0 unspecified atom stereocenters. The first-order valence-corrected chi connectivity index (χ1v) is 9.72. The van der Waals surface area contributed by atoms with Crippen LogP contribution in [0.1, 0.15) is 36.0 Å². The fraction of sp³-hybridized carbons (Fsp3) is 0.217. The fourth-order valence-electron chi connectivity index (χ4n) is 3.36. The van der Waals surface area contributed by atoms with Crippen molar-refractivity contribution in [3.8, 4) is 11.1 Å². The molecule has 3 N–H and O–H groups in total. The zero-order chi connectivity index (χ0) is 21.7. The Morgan fingerprint density at radius 2 is 1.87 bits per heavy atom. The molecule has 0 bridgehead atoms. The molecule has 0 radical (unpaired) electrons. The van der Waals surface area contributed by atoms with Crippen LogP contribution in [0.15, 0.2) is 64.4 Å². The third-order valence-electron chi connectivity index (χ3n) is 4.71. The predicted molar refractivity (Wildman–Crippen MR) is 117 cm³/mol. The van der Waals surface area contributed by atoms with E-state index in [-0.39, 0.29) is 11.4 Å². The quantitative estimate of drug-likeness (QED) is 0.482. The minimum absolute atomic E-state index is 0.0522. The molecular formula is C23H24N4O3. The molecule has 0 aliphatic heterocycles. The topological polar surface area (TPSA) is 111 Å². The highest BCUT2D eigenvalue weighted by atomic mass is 16.4. The van der Waals surface area contributed by atoms with Gasteiger partial charge in [-0.3, -0.25) is 9.36 Å². The number of aryl methyl sites for hydroxylation is 2. The molecule has 3 rings (SSSR count). The van der Waals surface area contributed by atoms with E-state index >= 15 is 0 Å². The number of aliphatic imine (C=N–C) groups is 1. The molecule has 30 heavy (non-hydrogen) atoms. The number of carbonyl (C=O) groups is 1. The van der Waals surface area contributed by atoms with Gasteiger partial charge in [0.2, 0.25) is 0 Å². The molecule has 2 aromatic carbocycles. The van der Waals surface area contributed by atoms with Crippen LogP contribution in [0.25, 0.3) is 11.1 Å². The van der Waals surface area contributed by atoms with Crippen LogP contribution < -0.4 is 11.3 Å². The number of hydrogen-bond acceptors (Lipinski definition) is 3. The van der Waals surface area contributed by atoms with Crippen LogP contribution in [-0.2, 0) is 13.0 Å². The van der Waals surface area contributed by atoms with Gasteiger partial charge < -0.3 is 10.8 Å².